The predicted molar refractivity (Wildman–Crippen MR) is 73.7 cm³/mol. The van der Waals surface area contributed by atoms with Gasteiger partial charge < -0.3 is 36.1 Å². The zero-order chi connectivity index (χ0) is 16.9. The van der Waals surface area contributed by atoms with Gasteiger partial charge in [-0.25, -0.2) is 19.2 Å². The van der Waals surface area contributed by atoms with Crippen molar-refractivity contribution in [1.29, 1.82) is 0 Å². The number of carboxylic acid groups (broad SMARTS) is 4. The van der Waals surface area contributed by atoms with E-state index in [1.54, 1.807) is 0 Å². The van der Waals surface area contributed by atoms with E-state index in [9.17, 15) is 19.2 Å². The SMILES string of the molecule is O.O=C(O)/C=C(\C(=O)O)C1CNCCN1/C(=C/C(=O)O)C(=O)O. The average Bonchev–Trinajstić information content (AvgIpc) is 2.41. The van der Waals surface area contributed by atoms with Crippen molar-refractivity contribution in [3.63, 3.8) is 0 Å². The Morgan fingerprint density at radius 1 is 0.957 bits per heavy atom. The van der Waals surface area contributed by atoms with Crippen LogP contribution in [0.15, 0.2) is 23.4 Å². The summed E-state index contributed by atoms with van der Waals surface area (Å²) in [7, 11) is 0. The minimum absolute atomic E-state index is 0. The number of hydrogen-bond donors (Lipinski definition) is 5. The first kappa shape index (κ1) is 20.1. The molecule has 11 nitrogen and oxygen atoms in total. The number of piperazine rings is 1. The van der Waals surface area contributed by atoms with E-state index in [4.69, 9.17) is 20.4 Å². The van der Waals surface area contributed by atoms with Gasteiger partial charge in [-0.2, -0.15) is 0 Å². The average molecular weight is 332 g/mol. The lowest BCUT2D eigenvalue weighted by atomic mass is 10.0. The molecule has 1 saturated heterocycles. The van der Waals surface area contributed by atoms with E-state index in [1.165, 1.54) is 0 Å². The highest BCUT2D eigenvalue weighted by Crippen LogP contribution is 2.19. The molecule has 1 aliphatic rings. The van der Waals surface area contributed by atoms with Crippen molar-refractivity contribution < 1.29 is 45.1 Å². The highest BCUT2D eigenvalue weighted by atomic mass is 16.4. The molecule has 0 amide bonds. The molecule has 1 heterocycles. The molecule has 0 aliphatic carbocycles. The summed E-state index contributed by atoms with van der Waals surface area (Å²) in [6, 6.07) is -1.12. The number of nitrogens with one attached hydrogen (secondary N) is 1. The van der Waals surface area contributed by atoms with Crippen LogP contribution in [0, 0.1) is 0 Å². The van der Waals surface area contributed by atoms with Crippen LogP contribution in [-0.2, 0) is 19.2 Å². The molecule has 0 aromatic carbocycles. The molecule has 1 atom stereocenters. The van der Waals surface area contributed by atoms with Crippen LogP contribution in [0.5, 0.6) is 0 Å². The van der Waals surface area contributed by atoms with Gasteiger partial charge in [0.15, 0.2) is 0 Å². The minimum Gasteiger partial charge on any atom is -0.478 e. The Kier molecular flexibility index (Phi) is 7.43. The van der Waals surface area contributed by atoms with Crippen LogP contribution in [-0.4, -0.2) is 80.4 Å². The van der Waals surface area contributed by atoms with Gasteiger partial charge >= 0.3 is 23.9 Å². The molecule has 1 rings (SSSR count). The Morgan fingerprint density at radius 3 is 1.96 bits per heavy atom. The fourth-order valence-electron chi connectivity index (χ4n) is 2.09. The summed E-state index contributed by atoms with van der Waals surface area (Å²) in [4.78, 5) is 45.0. The van der Waals surface area contributed by atoms with Crippen molar-refractivity contribution in [2.75, 3.05) is 19.6 Å². The van der Waals surface area contributed by atoms with Crippen LogP contribution in [0.2, 0.25) is 0 Å². The van der Waals surface area contributed by atoms with E-state index in [2.05, 4.69) is 5.32 Å². The lowest BCUT2D eigenvalue weighted by Crippen LogP contribution is -2.53. The first-order valence-corrected chi connectivity index (χ1v) is 6.07. The summed E-state index contributed by atoms with van der Waals surface area (Å²) in [5, 5.41) is 38.5. The number of carbonyl (C=O) groups is 4. The topological polar surface area (TPSA) is 196 Å². The minimum atomic E-state index is -1.55. The quantitative estimate of drug-likeness (QED) is 0.326. The summed E-state index contributed by atoms with van der Waals surface area (Å²) < 4.78 is 0. The van der Waals surface area contributed by atoms with Crippen LogP contribution >= 0.6 is 0 Å². The summed E-state index contributed by atoms with van der Waals surface area (Å²) >= 11 is 0. The van der Waals surface area contributed by atoms with Gasteiger partial charge in [-0.15, -0.1) is 0 Å². The maximum absolute atomic E-state index is 11.2. The third kappa shape index (κ3) is 5.41. The fourth-order valence-corrected chi connectivity index (χ4v) is 2.09. The Bertz CT molecular complexity index is 517. The summed E-state index contributed by atoms with van der Waals surface area (Å²) in [5.74, 6) is -6.08. The monoisotopic (exact) mass is 332 g/mol. The molecule has 1 unspecified atom stereocenters. The molecule has 0 radical (unpaired) electrons. The summed E-state index contributed by atoms with van der Waals surface area (Å²) in [5.41, 5.74) is -1.16. The van der Waals surface area contributed by atoms with Gasteiger partial charge in [-0.3, -0.25) is 0 Å². The first-order valence-electron chi connectivity index (χ1n) is 6.07. The molecular formula is C12H16N2O9. The van der Waals surface area contributed by atoms with Gasteiger partial charge in [0.05, 0.1) is 17.7 Å². The van der Waals surface area contributed by atoms with Gasteiger partial charge in [-0.05, 0) is 0 Å². The largest absolute Gasteiger partial charge is 0.478 e. The molecule has 7 N–H and O–H groups in total. The molecular weight excluding hydrogens is 316 g/mol. The third-order valence-corrected chi connectivity index (χ3v) is 2.92. The predicted octanol–water partition coefficient (Wildman–Crippen LogP) is -2.42. The summed E-state index contributed by atoms with van der Waals surface area (Å²) in [6.45, 7) is 0.274. The second-order valence-corrected chi connectivity index (χ2v) is 4.33. The highest BCUT2D eigenvalue weighted by molar-refractivity contribution is 5.97. The van der Waals surface area contributed by atoms with Crippen LogP contribution in [0.1, 0.15) is 0 Å². The molecule has 0 spiro atoms. The molecule has 0 aromatic rings. The molecule has 1 aliphatic heterocycles. The standard InChI is InChI=1S/C12H14N2O8.H2O/c15-9(16)3-6(11(19)20)8-5-13-1-2-14(8)7(12(21)22)4-10(17)18;/h3-4,8,13H,1-2,5H2,(H,15,16)(H,17,18)(H,19,20)(H,21,22);1H2/b6-3-,7-4+;. The van der Waals surface area contributed by atoms with E-state index in [0.29, 0.717) is 18.7 Å². The van der Waals surface area contributed by atoms with Crippen molar-refractivity contribution in [3.8, 4) is 0 Å². The first-order chi connectivity index (χ1) is 10.2. The van der Waals surface area contributed by atoms with E-state index in [1.807, 2.05) is 0 Å². The number of rotatable bonds is 6. The zero-order valence-corrected chi connectivity index (χ0v) is 11.7. The van der Waals surface area contributed by atoms with E-state index in [-0.39, 0.29) is 18.6 Å². The van der Waals surface area contributed by atoms with Gasteiger partial charge in [-0.1, -0.05) is 0 Å². The fraction of sp³-hybridized carbons (Fsp3) is 0.333. The number of hydrogen-bond acceptors (Lipinski definition) is 6. The smallest absolute Gasteiger partial charge is 0.352 e. The molecule has 11 heteroatoms. The Hall–Kier alpha value is -2.92. The lowest BCUT2D eigenvalue weighted by Gasteiger charge is -2.38. The Balaban J connectivity index is 0.00000484. The van der Waals surface area contributed by atoms with E-state index in [0.717, 1.165) is 4.90 Å². The maximum Gasteiger partial charge on any atom is 0.352 e. The number of carboxylic acids is 4. The maximum atomic E-state index is 11.2. The van der Waals surface area contributed by atoms with Crippen molar-refractivity contribution in [3.05, 3.63) is 23.4 Å². The van der Waals surface area contributed by atoms with Gasteiger partial charge in [0.1, 0.15) is 5.70 Å². The normalized spacial score (nSPS) is 18.8. The highest BCUT2D eigenvalue weighted by Gasteiger charge is 2.33. The molecule has 23 heavy (non-hydrogen) atoms. The molecule has 0 bridgehead atoms. The lowest BCUT2D eigenvalue weighted by molar-refractivity contribution is -0.138. The van der Waals surface area contributed by atoms with Crippen molar-refractivity contribution in [2.24, 2.45) is 0 Å². The zero-order valence-electron chi connectivity index (χ0n) is 11.7. The van der Waals surface area contributed by atoms with Crippen LogP contribution in [0.3, 0.4) is 0 Å². The van der Waals surface area contributed by atoms with Gasteiger partial charge in [0, 0.05) is 25.7 Å². The Labute approximate surface area is 129 Å². The van der Waals surface area contributed by atoms with E-state index >= 15 is 0 Å². The van der Waals surface area contributed by atoms with Gasteiger partial charge in [0.2, 0.25) is 0 Å². The molecule has 0 aromatic heterocycles. The third-order valence-electron chi connectivity index (χ3n) is 2.92. The van der Waals surface area contributed by atoms with Crippen molar-refractivity contribution >= 4 is 23.9 Å². The second-order valence-electron chi connectivity index (χ2n) is 4.33. The molecule has 128 valence electrons. The van der Waals surface area contributed by atoms with Crippen molar-refractivity contribution in [2.45, 2.75) is 6.04 Å². The summed E-state index contributed by atoms with van der Waals surface area (Å²) in [6.07, 6.45) is 0.911. The Morgan fingerprint density at radius 2 is 1.52 bits per heavy atom. The number of aliphatic carboxylic acids is 4. The van der Waals surface area contributed by atoms with Gasteiger partial charge in [0.25, 0.3) is 0 Å². The molecule has 0 saturated carbocycles. The molecule has 1 fully saturated rings. The van der Waals surface area contributed by atoms with Crippen LogP contribution in [0.25, 0.3) is 0 Å². The van der Waals surface area contributed by atoms with Crippen LogP contribution < -0.4 is 5.32 Å². The second kappa shape index (κ2) is 8.51. The number of nitrogens with zero attached hydrogens (tertiary/aromatic N) is 1. The van der Waals surface area contributed by atoms with Crippen LogP contribution in [0.4, 0.5) is 0 Å². The van der Waals surface area contributed by atoms with Crippen molar-refractivity contribution in [1.82, 2.24) is 10.2 Å². The van der Waals surface area contributed by atoms with E-state index < -0.39 is 41.2 Å².